The first-order chi connectivity index (χ1) is 7.88. The second kappa shape index (κ2) is 7.84. The van der Waals surface area contributed by atoms with Crippen molar-refractivity contribution >= 4 is 11.9 Å². The Morgan fingerprint density at radius 2 is 1.82 bits per heavy atom. The number of carbonyl (C=O) groups excluding carboxylic acids is 2. The van der Waals surface area contributed by atoms with Crippen LogP contribution in [0.15, 0.2) is 12.7 Å². The standard InChI is InChI=1S/C12H21NO4/c1-6-7-16-10(5)12(15)17-9(4)11(14)13-8(2)3/h6,8-10H,1,7H2,2-5H3,(H,13,14). The summed E-state index contributed by atoms with van der Waals surface area (Å²) in [5, 5.41) is 2.66. The van der Waals surface area contributed by atoms with E-state index in [1.165, 1.54) is 6.92 Å². The number of nitrogens with one attached hydrogen (secondary N) is 1. The molecule has 0 fully saturated rings. The minimum absolute atomic E-state index is 0.0121. The maximum atomic E-state index is 11.5. The largest absolute Gasteiger partial charge is 0.451 e. The molecule has 1 N–H and O–H groups in total. The van der Waals surface area contributed by atoms with E-state index in [9.17, 15) is 9.59 Å². The van der Waals surface area contributed by atoms with Crippen LogP contribution in [0.25, 0.3) is 0 Å². The molecule has 0 bridgehead atoms. The molecule has 17 heavy (non-hydrogen) atoms. The van der Waals surface area contributed by atoms with E-state index < -0.39 is 18.2 Å². The van der Waals surface area contributed by atoms with Gasteiger partial charge in [-0.1, -0.05) is 6.08 Å². The molecule has 5 nitrogen and oxygen atoms in total. The van der Waals surface area contributed by atoms with Gasteiger partial charge in [0.25, 0.3) is 5.91 Å². The van der Waals surface area contributed by atoms with Crippen molar-refractivity contribution in [2.75, 3.05) is 6.61 Å². The van der Waals surface area contributed by atoms with Gasteiger partial charge in [-0.2, -0.15) is 0 Å². The van der Waals surface area contributed by atoms with Gasteiger partial charge in [-0.3, -0.25) is 4.79 Å². The highest BCUT2D eigenvalue weighted by Crippen LogP contribution is 2.00. The predicted octanol–water partition coefficient (Wildman–Crippen LogP) is 1.03. The van der Waals surface area contributed by atoms with Crippen LogP contribution in [0.2, 0.25) is 0 Å². The van der Waals surface area contributed by atoms with E-state index in [0.717, 1.165) is 0 Å². The number of hydrogen-bond donors (Lipinski definition) is 1. The Bertz CT molecular complexity index is 276. The van der Waals surface area contributed by atoms with E-state index in [-0.39, 0.29) is 18.6 Å². The van der Waals surface area contributed by atoms with Gasteiger partial charge in [-0.25, -0.2) is 4.79 Å². The van der Waals surface area contributed by atoms with Crippen molar-refractivity contribution in [3.63, 3.8) is 0 Å². The highest BCUT2D eigenvalue weighted by atomic mass is 16.6. The van der Waals surface area contributed by atoms with E-state index >= 15 is 0 Å². The molecule has 0 saturated carbocycles. The highest BCUT2D eigenvalue weighted by Gasteiger charge is 2.22. The van der Waals surface area contributed by atoms with Crippen molar-refractivity contribution < 1.29 is 19.1 Å². The minimum Gasteiger partial charge on any atom is -0.451 e. The summed E-state index contributed by atoms with van der Waals surface area (Å²) in [5.41, 5.74) is 0. The third kappa shape index (κ3) is 6.73. The molecule has 0 aliphatic heterocycles. The molecular formula is C12H21NO4. The van der Waals surface area contributed by atoms with Crippen LogP contribution in [0.3, 0.4) is 0 Å². The van der Waals surface area contributed by atoms with Gasteiger partial charge in [0.1, 0.15) is 0 Å². The van der Waals surface area contributed by atoms with Gasteiger partial charge in [0.15, 0.2) is 12.2 Å². The number of rotatable bonds is 7. The van der Waals surface area contributed by atoms with Gasteiger partial charge >= 0.3 is 5.97 Å². The zero-order valence-electron chi connectivity index (χ0n) is 10.9. The predicted molar refractivity (Wildman–Crippen MR) is 64.4 cm³/mol. The van der Waals surface area contributed by atoms with E-state index in [2.05, 4.69) is 11.9 Å². The van der Waals surface area contributed by atoms with Crippen LogP contribution in [0, 0.1) is 0 Å². The molecule has 98 valence electrons. The van der Waals surface area contributed by atoms with Crippen LogP contribution >= 0.6 is 0 Å². The molecule has 0 aromatic rings. The van der Waals surface area contributed by atoms with E-state index in [0.29, 0.717) is 0 Å². The first-order valence-corrected chi connectivity index (χ1v) is 5.61. The van der Waals surface area contributed by atoms with E-state index in [1.54, 1.807) is 13.0 Å². The maximum absolute atomic E-state index is 11.5. The minimum atomic E-state index is -0.820. The molecule has 0 aromatic heterocycles. The zero-order chi connectivity index (χ0) is 13.4. The van der Waals surface area contributed by atoms with E-state index in [4.69, 9.17) is 9.47 Å². The SMILES string of the molecule is C=CCOC(C)C(=O)OC(C)C(=O)NC(C)C. The summed E-state index contributed by atoms with van der Waals surface area (Å²) < 4.78 is 10.1. The number of ether oxygens (including phenoxy) is 2. The third-order valence-electron chi connectivity index (χ3n) is 1.89. The average molecular weight is 243 g/mol. The number of hydrogen-bond acceptors (Lipinski definition) is 4. The molecule has 0 rings (SSSR count). The molecule has 1 amide bonds. The maximum Gasteiger partial charge on any atom is 0.335 e. The van der Waals surface area contributed by atoms with Crippen molar-refractivity contribution in [3.05, 3.63) is 12.7 Å². The first-order valence-electron chi connectivity index (χ1n) is 5.61. The normalized spacial score (nSPS) is 13.9. The molecule has 2 unspecified atom stereocenters. The van der Waals surface area contributed by atoms with E-state index in [1.807, 2.05) is 13.8 Å². The Morgan fingerprint density at radius 1 is 1.24 bits per heavy atom. The summed E-state index contributed by atoms with van der Waals surface area (Å²) in [6, 6.07) is 0.0121. The summed E-state index contributed by atoms with van der Waals surface area (Å²) in [6.07, 6.45) is 0.0144. The molecular weight excluding hydrogens is 222 g/mol. The van der Waals surface area contributed by atoms with Gasteiger partial charge in [0.05, 0.1) is 6.61 Å². The smallest absolute Gasteiger partial charge is 0.335 e. The summed E-state index contributed by atoms with van der Waals surface area (Å²) in [4.78, 5) is 23.0. The Kier molecular flexibility index (Phi) is 7.21. The molecule has 0 aromatic carbocycles. The molecule has 5 heteroatoms. The Morgan fingerprint density at radius 3 is 2.29 bits per heavy atom. The lowest BCUT2D eigenvalue weighted by Gasteiger charge is -2.17. The lowest BCUT2D eigenvalue weighted by molar-refractivity contribution is -0.164. The van der Waals surface area contributed by atoms with Crippen molar-refractivity contribution in [2.45, 2.75) is 45.9 Å². The highest BCUT2D eigenvalue weighted by molar-refractivity contribution is 5.84. The van der Waals surface area contributed by atoms with Gasteiger partial charge in [0.2, 0.25) is 0 Å². The Hall–Kier alpha value is -1.36. The summed E-state index contributed by atoms with van der Waals surface area (Å²) in [7, 11) is 0. The topological polar surface area (TPSA) is 64.6 Å². The molecule has 0 spiro atoms. The molecule has 2 atom stereocenters. The summed E-state index contributed by atoms with van der Waals surface area (Å²) in [5.74, 6) is -0.873. The Labute approximate surface area is 102 Å². The Balaban J connectivity index is 4.09. The van der Waals surface area contributed by atoms with Gasteiger partial charge in [-0.05, 0) is 27.7 Å². The van der Waals surface area contributed by atoms with Gasteiger partial charge in [-0.15, -0.1) is 6.58 Å². The van der Waals surface area contributed by atoms with Gasteiger partial charge in [0, 0.05) is 6.04 Å². The lowest BCUT2D eigenvalue weighted by atomic mass is 10.3. The first kappa shape index (κ1) is 15.6. The van der Waals surface area contributed by atoms with Crippen LogP contribution in [-0.2, 0) is 19.1 Å². The van der Waals surface area contributed by atoms with Crippen LogP contribution in [-0.4, -0.2) is 36.7 Å². The van der Waals surface area contributed by atoms with Crippen LogP contribution in [0.5, 0.6) is 0 Å². The summed E-state index contributed by atoms with van der Waals surface area (Å²) >= 11 is 0. The average Bonchev–Trinajstić information content (AvgIpc) is 2.24. The molecule has 0 aliphatic carbocycles. The van der Waals surface area contributed by atoms with Crippen LogP contribution in [0.1, 0.15) is 27.7 Å². The fourth-order valence-electron chi connectivity index (χ4n) is 1.01. The van der Waals surface area contributed by atoms with Gasteiger partial charge < -0.3 is 14.8 Å². The monoisotopic (exact) mass is 243 g/mol. The number of esters is 1. The molecule has 0 saturated heterocycles. The second-order valence-electron chi connectivity index (χ2n) is 4.01. The van der Waals surface area contributed by atoms with Crippen LogP contribution < -0.4 is 5.32 Å². The third-order valence-corrected chi connectivity index (χ3v) is 1.89. The summed E-state index contributed by atoms with van der Waals surface area (Å²) in [6.45, 7) is 10.5. The quantitative estimate of drug-likeness (QED) is 0.536. The zero-order valence-corrected chi connectivity index (χ0v) is 10.9. The molecule has 0 radical (unpaired) electrons. The van der Waals surface area contributed by atoms with Crippen molar-refractivity contribution in [1.29, 1.82) is 0 Å². The van der Waals surface area contributed by atoms with Crippen molar-refractivity contribution in [1.82, 2.24) is 5.32 Å². The van der Waals surface area contributed by atoms with Crippen LogP contribution in [0.4, 0.5) is 0 Å². The lowest BCUT2D eigenvalue weighted by Crippen LogP contribution is -2.41. The van der Waals surface area contributed by atoms with Crippen molar-refractivity contribution in [3.8, 4) is 0 Å². The van der Waals surface area contributed by atoms with Crippen molar-refractivity contribution in [2.24, 2.45) is 0 Å². The second-order valence-corrected chi connectivity index (χ2v) is 4.01. The molecule has 0 heterocycles. The fourth-order valence-corrected chi connectivity index (χ4v) is 1.01. The number of amides is 1. The molecule has 0 aliphatic rings. The fraction of sp³-hybridized carbons (Fsp3) is 0.667. The number of carbonyl (C=O) groups is 2.